The van der Waals surface area contributed by atoms with Gasteiger partial charge < -0.3 is 15.1 Å². The summed E-state index contributed by atoms with van der Waals surface area (Å²) in [7, 11) is 0. The van der Waals surface area contributed by atoms with Crippen molar-refractivity contribution in [3.05, 3.63) is 17.3 Å². The zero-order valence-corrected chi connectivity index (χ0v) is 12.9. The minimum atomic E-state index is -0.0755. The molecule has 1 N–H and O–H groups in total. The molecule has 2 aliphatic heterocycles. The third-order valence-corrected chi connectivity index (χ3v) is 4.34. The molecule has 1 aromatic heterocycles. The fourth-order valence-corrected chi connectivity index (χ4v) is 3.02. The molecular formula is C14H18ClN5O2. The van der Waals surface area contributed by atoms with E-state index in [4.69, 9.17) is 11.6 Å². The van der Waals surface area contributed by atoms with Crippen LogP contribution in [0.15, 0.2) is 12.1 Å². The summed E-state index contributed by atoms with van der Waals surface area (Å²) >= 11 is 5.74. The van der Waals surface area contributed by atoms with Crippen LogP contribution in [0.4, 0.5) is 5.82 Å². The molecule has 0 saturated carbocycles. The lowest BCUT2D eigenvalue weighted by atomic mass is 9.95. The molecular weight excluding hydrogens is 306 g/mol. The predicted molar refractivity (Wildman–Crippen MR) is 81.6 cm³/mol. The number of halogens is 1. The number of piperazine rings is 1. The fourth-order valence-electron chi connectivity index (χ4n) is 2.92. The van der Waals surface area contributed by atoms with Gasteiger partial charge in [0.25, 0.3) is 0 Å². The van der Waals surface area contributed by atoms with Gasteiger partial charge in [0.1, 0.15) is 0 Å². The van der Waals surface area contributed by atoms with Crippen LogP contribution >= 0.6 is 11.6 Å². The Balaban J connectivity index is 1.56. The average molecular weight is 324 g/mol. The van der Waals surface area contributed by atoms with Crippen molar-refractivity contribution in [1.82, 2.24) is 20.4 Å². The molecule has 0 radical (unpaired) electrons. The summed E-state index contributed by atoms with van der Waals surface area (Å²) < 4.78 is 0. The Labute approximate surface area is 133 Å². The van der Waals surface area contributed by atoms with Crippen LogP contribution in [-0.2, 0) is 9.59 Å². The largest absolute Gasteiger partial charge is 0.355 e. The number of hydrogen-bond donors (Lipinski definition) is 1. The Morgan fingerprint density at radius 3 is 2.64 bits per heavy atom. The van der Waals surface area contributed by atoms with E-state index in [1.807, 2.05) is 6.07 Å². The number of aromatic nitrogens is 2. The maximum absolute atomic E-state index is 12.5. The summed E-state index contributed by atoms with van der Waals surface area (Å²) in [6.07, 6.45) is 1.53. The van der Waals surface area contributed by atoms with Crippen LogP contribution < -0.4 is 10.2 Å². The maximum atomic E-state index is 12.5. The van der Waals surface area contributed by atoms with Crippen molar-refractivity contribution < 1.29 is 9.59 Å². The van der Waals surface area contributed by atoms with Gasteiger partial charge in [-0.1, -0.05) is 11.6 Å². The molecule has 2 fully saturated rings. The zero-order valence-electron chi connectivity index (χ0n) is 12.2. The first kappa shape index (κ1) is 15.0. The smallest absolute Gasteiger partial charge is 0.239 e. The Morgan fingerprint density at radius 2 is 2.00 bits per heavy atom. The second-order valence-electron chi connectivity index (χ2n) is 5.59. The van der Waals surface area contributed by atoms with E-state index in [1.165, 1.54) is 0 Å². The van der Waals surface area contributed by atoms with Gasteiger partial charge in [0.15, 0.2) is 11.0 Å². The third-order valence-electron chi connectivity index (χ3n) is 4.14. The number of amides is 2. The third kappa shape index (κ3) is 3.30. The average Bonchev–Trinajstić information content (AvgIpc) is 2.55. The van der Waals surface area contributed by atoms with Gasteiger partial charge in [0.05, 0.1) is 6.54 Å². The SMILES string of the molecule is O=C1CN(C(=O)C2CCN(c3ccc(Cl)nn3)CC2)CCN1. The van der Waals surface area contributed by atoms with Crippen molar-refractivity contribution >= 4 is 29.2 Å². The van der Waals surface area contributed by atoms with Crippen LogP contribution in [0.2, 0.25) is 5.15 Å². The summed E-state index contributed by atoms with van der Waals surface area (Å²) in [6.45, 7) is 2.85. The second kappa shape index (κ2) is 6.48. The van der Waals surface area contributed by atoms with Crippen molar-refractivity contribution in [3.8, 4) is 0 Å². The Kier molecular flexibility index (Phi) is 4.42. The Bertz CT molecular complexity index is 557. The van der Waals surface area contributed by atoms with Gasteiger partial charge in [0, 0.05) is 32.1 Å². The number of rotatable bonds is 2. The van der Waals surface area contributed by atoms with Crippen LogP contribution in [0.1, 0.15) is 12.8 Å². The molecule has 0 bridgehead atoms. The van der Waals surface area contributed by atoms with E-state index in [9.17, 15) is 9.59 Å². The minimum Gasteiger partial charge on any atom is -0.355 e. The van der Waals surface area contributed by atoms with Crippen LogP contribution in [0, 0.1) is 5.92 Å². The lowest BCUT2D eigenvalue weighted by molar-refractivity contribution is -0.141. The van der Waals surface area contributed by atoms with Crippen LogP contribution in [0.5, 0.6) is 0 Å². The quantitative estimate of drug-likeness (QED) is 0.847. The van der Waals surface area contributed by atoms with Crippen molar-refractivity contribution in [2.75, 3.05) is 37.6 Å². The number of piperidine rings is 1. The van der Waals surface area contributed by atoms with Crippen LogP contribution in [0.25, 0.3) is 0 Å². The maximum Gasteiger partial charge on any atom is 0.239 e. The summed E-state index contributed by atoms with van der Waals surface area (Å²) in [4.78, 5) is 27.6. The van der Waals surface area contributed by atoms with Gasteiger partial charge in [-0.3, -0.25) is 9.59 Å². The Hall–Kier alpha value is -1.89. The highest BCUT2D eigenvalue weighted by molar-refractivity contribution is 6.29. The molecule has 2 aliphatic rings. The number of carbonyl (C=O) groups excluding carboxylic acids is 2. The molecule has 0 aliphatic carbocycles. The summed E-state index contributed by atoms with van der Waals surface area (Å²) in [5, 5.41) is 11.0. The van der Waals surface area contributed by atoms with E-state index < -0.39 is 0 Å². The van der Waals surface area contributed by atoms with E-state index in [1.54, 1.807) is 11.0 Å². The number of carbonyl (C=O) groups is 2. The molecule has 0 unspecified atom stereocenters. The topological polar surface area (TPSA) is 78.4 Å². The number of hydrogen-bond acceptors (Lipinski definition) is 5. The second-order valence-corrected chi connectivity index (χ2v) is 5.97. The zero-order chi connectivity index (χ0) is 15.5. The molecule has 0 atom stereocenters. The van der Waals surface area contributed by atoms with E-state index in [2.05, 4.69) is 20.4 Å². The molecule has 3 heterocycles. The molecule has 7 nitrogen and oxygen atoms in total. The van der Waals surface area contributed by atoms with E-state index in [0.29, 0.717) is 18.2 Å². The first-order valence-corrected chi connectivity index (χ1v) is 7.81. The highest BCUT2D eigenvalue weighted by atomic mass is 35.5. The first-order chi connectivity index (χ1) is 10.6. The highest BCUT2D eigenvalue weighted by Crippen LogP contribution is 2.23. The van der Waals surface area contributed by atoms with Crippen LogP contribution in [0.3, 0.4) is 0 Å². The fraction of sp³-hybridized carbons (Fsp3) is 0.571. The van der Waals surface area contributed by atoms with Gasteiger partial charge in [-0.25, -0.2) is 0 Å². The molecule has 0 aromatic carbocycles. The summed E-state index contributed by atoms with van der Waals surface area (Å²) in [6, 6.07) is 3.56. The van der Waals surface area contributed by atoms with Gasteiger partial charge >= 0.3 is 0 Å². The lowest BCUT2D eigenvalue weighted by Gasteiger charge is -2.35. The van der Waals surface area contributed by atoms with E-state index >= 15 is 0 Å². The molecule has 0 spiro atoms. The first-order valence-electron chi connectivity index (χ1n) is 7.43. The normalized spacial score (nSPS) is 20.0. The number of anilines is 1. The molecule has 2 saturated heterocycles. The van der Waals surface area contributed by atoms with Crippen molar-refractivity contribution in [3.63, 3.8) is 0 Å². The van der Waals surface area contributed by atoms with Crippen molar-refractivity contribution in [2.45, 2.75) is 12.8 Å². The minimum absolute atomic E-state index is 0.0117. The number of nitrogens with zero attached hydrogens (tertiary/aromatic N) is 4. The molecule has 3 rings (SSSR count). The molecule has 2 amide bonds. The molecule has 22 heavy (non-hydrogen) atoms. The lowest BCUT2D eigenvalue weighted by Crippen LogP contribution is -2.52. The van der Waals surface area contributed by atoms with E-state index in [-0.39, 0.29) is 24.3 Å². The monoisotopic (exact) mass is 323 g/mol. The molecule has 118 valence electrons. The van der Waals surface area contributed by atoms with Crippen molar-refractivity contribution in [2.24, 2.45) is 5.92 Å². The molecule has 1 aromatic rings. The standard InChI is InChI=1S/C14H18ClN5O2/c15-11-1-2-12(18-17-11)19-6-3-10(4-7-19)14(22)20-8-5-16-13(21)9-20/h1-2,10H,3-9H2,(H,16,21). The van der Waals surface area contributed by atoms with Crippen molar-refractivity contribution in [1.29, 1.82) is 0 Å². The van der Waals surface area contributed by atoms with Gasteiger partial charge in [-0.05, 0) is 25.0 Å². The van der Waals surface area contributed by atoms with Crippen LogP contribution in [-0.4, -0.2) is 59.6 Å². The highest BCUT2D eigenvalue weighted by Gasteiger charge is 2.31. The Morgan fingerprint density at radius 1 is 1.23 bits per heavy atom. The number of nitrogens with one attached hydrogen (secondary N) is 1. The molecule has 8 heteroatoms. The van der Waals surface area contributed by atoms with E-state index in [0.717, 1.165) is 31.7 Å². The van der Waals surface area contributed by atoms with Gasteiger partial charge in [-0.2, -0.15) is 0 Å². The van der Waals surface area contributed by atoms with Gasteiger partial charge in [-0.15, -0.1) is 10.2 Å². The predicted octanol–water partition coefficient (Wildman–Crippen LogP) is 0.305. The summed E-state index contributed by atoms with van der Waals surface area (Å²) in [5.41, 5.74) is 0. The summed E-state index contributed by atoms with van der Waals surface area (Å²) in [5.74, 6) is 0.792. The van der Waals surface area contributed by atoms with Gasteiger partial charge in [0.2, 0.25) is 11.8 Å².